The predicted octanol–water partition coefficient (Wildman–Crippen LogP) is 4.52. The van der Waals surface area contributed by atoms with E-state index >= 15 is 0 Å². The summed E-state index contributed by atoms with van der Waals surface area (Å²) in [4.78, 5) is 0.172. The monoisotopic (exact) mass is 421 g/mol. The minimum absolute atomic E-state index is 0.172. The second kappa shape index (κ2) is 8.00. The number of sulfonamides is 1. The molecule has 30 heavy (non-hydrogen) atoms. The van der Waals surface area contributed by atoms with E-state index in [0.29, 0.717) is 28.5 Å². The Bertz CT molecular complexity index is 1280. The average Bonchev–Trinajstić information content (AvgIpc) is 3.24. The summed E-state index contributed by atoms with van der Waals surface area (Å²) in [6, 6.07) is 20.7. The maximum atomic E-state index is 12.8. The Morgan fingerprint density at radius 1 is 0.900 bits per heavy atom. The van der Waals surface area contributed by atoms with E-state index in [1.165, 1.54) is 0 Å². The van der Waals surface area contributed by atoms with Gasteiger partial charge in [-0.2, -0.15) is 0 Å². The fraction of sp³-hybridized carbons (Fsp3) is 0.0909. The molecule has 152 valence electrons. The molecule has 1 heterocycles. The number of rotatable bonds is 6. The minimum atomic E-state index is -3.77. The van der Waals surface area contributed by atoms with Crippen molar-refractivity contribution in [3.63, 3.8) is 0 Å². The maximum absolute atomic E-state index is 12.8. The fourth-order valence-electron chi connectivity index (χ4n) is 2.88. The molecule has 8 heteroatoms. The van der Waals surface area contributed by atoms with Gasteiger partial charge in [-0.3, -0.25) is 4.72 Å². The molecular formula is C22H19N3O4S. The molecule has 0 unspecified atom stereocenters. The van der Waals surface area contributed by atoms with Crippen LogP contribution in [0.2, 0.25) is 0 Å². The molecule has 0 radical (unpaired) electrons. The molecule has 0 aliphatic heterocycles. The molecule has 4 rings (SSSR count). The van der Waals surface area contributed by atoms with Crippen molar-refractivity contribution in [2.45, 2.75) is 11.8 Å². The van der Waals surface area contributed by atoms with Gasteiger partial charge in [0.1, 0.15) is 5.75 Å². The summed E-state index contributed by atoms with van der Waals surface area (Å²) in [5.74, 6) is 1.17. The Kier molecular flexibility index (Phi) is 5.24. The quantitative estimate of drug-likeness (QED) is 0.492. The van der Waals surface area contributed by atoms with Gasteiger partial charge >= 0.3 is 0 Å². The SMILES string of the molecule is COc1cccc(-c2nnc(-c3ccccc3NS(=O)(=O)c3ccc(C)cc3)o2)c1. The first-order valence-electron chi connectivity index (χ1n) is 9.13. The Hall–Kier alpha value is -3.65. The molecule has 1 N–H and O–H groups in total. The smallest absolute Gasteiger partial charge is 0.261 e. The summed E-state index contributed by atoms with van der Waals surface area (Å²) >= 11 is 0. The largest absolute Gasteiger partial charge is 0.497 e. The molecular weight excluding hydrogens is 402 g/mol. The van der Waals surface area contributed by atoms with Crippen LogP contribution >= 0.6 is 0 Å². The van der Waals surface area contributed by atoms with Crippen molar-refractivity contribution in [3.05, 3.63) is 78.4 Å². The van der Waals surface area contributed by atoms with Gasteiger partial charge in [0, 0.05) is 5.56 Å². The van der Waals surface area contributed by atoms with Crippen molar-refractivity contribution in [2.24, 2.45) is 0 Å². The Morgan fingerprint density at radius 2 is 1.63 bits per heavy atom. The zero-order valence-corrected chi connectivity index (χ0v) is 17.2. The fourth-order valence-corrected chi connectivity index (χ4v) is 3.96. The van der Waals surface area contributed by atoms with E-state index in [9.17, 15) is 8.42 Å². The predicted molar refractivity (Wildman–Crippen MR) is 114 cm³/mol. The molecule has 1 aromatic heterocycles. The van der Waals surface area contributed by atoms with E-state index in [2.05, 4.69) is 14.9 Å². The standard InChI is InChI=1S/C22H19N3O4S/c1-15-10-12-18(13-11-15)30(26,27)25-20-9-4-3-8-19(20)22-24-23-21(29-22)16-6-5-7-17(14-16)28-2/h3-14,25H,1-2H3. The summed E-state index contributed by atoms with van der Waals surface area (Å²) in [5.41, 5.74) is 2.50. The second-order valence-corrected chi connectivity index (χ2v) is 8.29. The van der Waals surface area contributed by atoms with Crippen molar-refractivity contribution < 1.29 is 17.6 Å². The molecule has 0 spiro atoms. The third-order valence-electron chi connectivity index (χ3n) is 4.47. The van der Waals surface area contributed by atoms with Crippen molar-refractivity contribution >= 4 is 15.7 Å². The topological polar surface area (TPSA) is 94.3 Å². The summed E-state index contributed by atoms with van der Waals surface area (Å²) in [5, 5.41) is 8.20. The number of nitrogens with zero attached hydrogens (tertiary/aromatic N) is 2. The Morgan fingerprint density at radius 3 is 2.40 bits per heavy atom. The molecule has 3 aromatic carbocycles. The number of methoxy groups -OCH3 is 1. The van der Waals surface area contributed by atoms with Gasteiger partial charge in [-0.25, -0.2) is 8.42 Å². The number of aryl methyl sites for hydroxylation is 1. The van der Waals surface area contributed by atoms with Crippen molar-refractivity contribution in [3.8, 4) is 28.7 Å². The van der Waals surface area contributed by atoms with Crippen LogP contribution in [0.25, 0.3) is 22.9 Å². The number of nitrogens with one attached hydrogen (secondary N) is 1. The normalized spacial score (nSPS) is 11.3. The molecule has 0 saturated heterocycles. The van der Waals surface area contributed by atoms with E-state index in [4.69, 9.17) is 9.15 Å². The number of hydrogen-bond acceptors (Lipinski definition) is 6. The number of hydrogen-bond donors (Lipinski definition) is 1. The van der Waals surface area contributed by atoms with Crippen LogP contribution in [-0.2, 0) is 10.0 Å². The van der Waals surface area contributed by atoms with Crippen LogP contribution in [0.5, 0.6) is 5.75 Å². The van der Waals surface area contributed by atoms with Gasteiger partial charge in [0.05, 0.1) is 23.3 Å². The van der Waals surface area contributed by atoms with Crippen LogP contribution in [0.15, 0.2) is 82.1 Å². The molecule has 0 aliphatic rings. The van der Waals surface area contributed by atoms with Gasteiger partial charge < -0.3 is 9.15 Å². The van der Waals surface area contributed by atoms with Gasteiger partial charge in [-0.1, -0.05) is 35.9 Å². The van der Waals surface area contributed by atoms with E-state index in [0.717, 1.165) is 5.56 Å². The van der Waals surface area contributed by atoms with Crippen LogP contribution in [0.3, 0.4) is 0 Å². The van der Waals surface area contributed by atoms with Gasteiger partial charge in [-0.05, 0) is 49.4 Å². The van der Waals surface area contributed by atoms with Gasteiger partial charge in [0.15, 0.2) is 0 Å². The molecule has 0 amide bonds. The highest BCUT2D eigenvalue weighted by atomic mass is 32.2. The highest BCUT2D eigenvalue weighted by Gasteiger charge is 2.19. The van der Waals surface area contributed by atoms with Crippen LogP contribution in [0, 0.1) is 6.92 Å². The van der Waals surface area contributed by atoms with Gasteiger partial charge in [0.2, 0.25) is 11.8 Å². The van der Waals surface area contributed by atoms with Crippen LogP contribution < -0.4 is 9.46 Å². The molecule has 4 aromatic rings. The minimum Gasteiger partial charge on any atom is -0.497 e. The van der Waals surface area contributed by atoms with Crippen molar-refractivity contribution in [1.29, 1.82) is 0 Å². The number of para-hydroxylation sites is 1. The number of benzene rings is 3. The highest BCUT2D eigenvalue weighted by Crippen LogP contribution is 2.31. The second-order valence-electron chi connectivity index (χ2n) is 6.61. The van der Waals surface area contributed by atoms with Crippen LogP contribution in [-0.4, -0.2) is 25.7 Å². The van der Waals surface area contributed by atoms with Crippen molar-refractivity contribution in [2.75, 3.05) is 11.8 Å². The highest BCUT2D eigenvalue weighted by molar-refractivity contribution is 7.92. The zero-order valence-electron chi connectivity index (χ0n) is 16.4. The lowest BCUT2D eigenvalue weighted by molar-refractivity contribution is 0.415. The number of ether oxygens (including phenoxy) is 1. The average molecular weight is 421 g/mol. The molecule has 0 aliphatic carbocycles. The lowest BCUT2D eigenvalue weighted by Gasteiger charge is -2.11. The molecule has 0 saturated carbocycles. The van der Waals surface area contributed by atoms with Crippen molar-refractivity contribution in [1.82, 2.24) is 10.2 Å². The first-order valence-corrected chi connectivity index (χ1v) is 10.6. The summed E-state index contributed by atoms with van der Waals surface area (Å²) < 4.78 is 39.3. The maximum Gasteiger partial charge on any atom is 0.261 e. The van der Waals surface area contributed by atoms with Gasteiger partial charge in [0.25, 0.3) is 10.0 Å². The van der Waals surface area contributed by atoms with Crippen LogP contribution in [0.1, 0.15) is 5.56 Å². The molecule has 0 fully saturated rings. The van der Waals surface area contributed by atoms with E-state index < -0.39 is 10.0 Å². The summed E-state index contributed by atoms with van der Waals surface area (Å²) in [6.07, 6.45) is 0. The molecule has 7 nitrogen and oxygen atoms in total. The first kappa shape index (κ1) is 19.7. The molecule has 0 bridgehead atoms. The third kappa shape index (κ3) is 4.04. The van der Waals surface area contributed by atoms with E-state index in [1.54, 1.807) is 61.7 Å². The van der Waals surface area contributed by atoms with E-state index in [1.807, 2.05) is 25.1 Å². The number of anilines is 1. The zero-order chi connectivity index (χ0) is 21.1. The van der Waals surface area contributed by atoms with Gasteiger partial charge in [-0.15, -0.1) is 10.2 Å². The first-order chi connectivity index (χ1) is 14.5. The molecule has 0 atom stereocenters. The van der Waals surface area contributed by atoms with E-state index in [-0.39, 0.29) is 10.8 Å². The summed E-state index contributed by atoms with van der Waals surface area (Å²) in [6.45, 7) is 1.90. The Balaban J connectivity index is 1.67. The summed E-state index contributed by atoms with van der Waals surface area (Å²) in [7, 11) is -2.19. The lowest BCUT2D eigenvalue weighted by atomic mass is 10.2. The lowest BCUT2D eigenvalue weighted by Crippen LogP contribution is -2.13. The van der Waals surface area contributed by atoms with Crippen LogP contribution in [0.4, 0.5) is 5.69 Å². The number of aromatic nitrogens is 2. The third-order valence-corrected chi connectivity index (χ3v) is 5.86. The Labute approximate surface area is 174 Å².